The molecule has 0 aliphatic carbocycles. The van der Waals surface area contributed by atoms with Gasteiger partial charge in [-0.3, -0.25) is 9.89 Å². The van der Waals surface area contributed by atoms with Gasteiger partial charge in [0, 0.05) is 38.8 Å². The van der Waals surface area contributed by atoms with Crippen LogP contribution in [0.15, 0.2) is 59.6 Å². The molecule has 2 aliphatic rings. The van der Waals surface area contributed by atoms with Crippen LogP contribution >= 0.6 is 24.0 Å². The van der Waals surface area contributed by atoms with Gasteiger partial charge < -0.3 is 15.4 Å². The van der Waals surface area contributed by atoms with Gasteiger partial charge in [-0.1, -0.05) is 42.5 Å². The van der Waals surface area contributed by atoms with Crippen LogP contribution in [-0.4, -0.2) is 57.3 Å². The number of hydrogen-bond donors (Lipinski definition) is 2. The molecule has 5 nitrogen and oxygen atoms in total. The van der Waals surface area contributed by atoms with Gasteiger partial charge in [0.05, 0.1) is 6.04 Å². The fourth-order valence-electron chi connectivity index (χ4n) is 5.00. The number of rotatable bonds is 7. The second-order valence-electron chi connectivity index (χ2n) is 8.88. The summed E-state index contributed by atoms with van der Waals surface area (Å²) in [4.78, 5) is 7.04. The lowest BCUT2D eigenvalue weighted by Gasteiger charge is -2.38. The molecule has 4 rings (SSSR count). The number of aliphatic imine (C=N–C) groups is 1. The molecule has 2 saturated heterocycles. The van der Waals surface area contributed by atoms with Crippen molar-refractivity contribution in [2.24, 2.45) is 4.99 Å². The lowest BCUT2D eigenvalue weighted by atomic mass is 9.74. The van der Waals surface area contributed by atoms with Crippen molar-refractivity contribution in [1.82, 2.24) is 15.5 Å². The number of nitrogens with one attached hydrogen (secondary N) is 2. The van der Waals surface area contributed by atoms with E-state index in [1.54, 1.807) is 12.1 Å². The third kappa shape index (κ3) is 6.67. The summed E-state index contributed by atoms with van der Waals surface area (Å²) in [7, 11) is 1.81. The van der Waals surface area contributed by atoms with Crippen LogP contribution in [0.25, 0.3) is 0 Å². The minimum Gasteiger partial charge on any atom is -0.381 e. The number of hydrogen-bond acceptors (Lipinski definition) is 3. The first-order chi connectivity index (χ1) is 15.7. The molecule has 2 fully saturated rings. The van der Waals surface area contributed by atoms with Gasteiger partial charge in [0.15, 0.2) is 5.96 Å². The fraction of sp³-hybridized carbons (Fsp3) is 0.500. The molecule has 2 heterocycles. The van der Waals surface area contributed by atoms with Gasteiger partial charge in [0.25, 0.3) is 0 Å². The highest BCUT2D eigenvalue weighted by atomic mass is 127. The number of halogens is 2. The third-order valence-corrected chi connectivity index (χ3v) is 6.93. The molecule has 2 aliphatic heterocycles. The zero-order chi connectivity index (χ0) is 22.2. The van der Waals surface area contributed by atoms with Gasteiger partial charge in [-0.05, 0) is 62.0 Å². The van der Waals surface area contributed by atoms with Crippen LogP contribution in [0.5, 0.6) is 0 Å². The first-order valence-corrected chi connectivity index (χ1v) is 11.8. The maximum atomic E-state index is 14.0. The summed E-state index contributed by atoms with van der Waals surface area (Å²) in [5.41, 5.74) is 2.20. The minimum absolute atomic E-state index is 0. The highest BCUT2D eigenvalue weighted by Crippen LogP contribution is 2.34. The molecule has 2 N–H and O–H groups in total. The van der Waals surface area contributed by atoms with Crippen LogP contribution in [0.3, 0.4) is 0 Å². The van der Waals surface area contributed by atoms with E-state index in [2.05, 4.69) is 50.9 Å². The SMILES string of the molecule is CN=C(NCC(c1ccccc1)N1CCCC1)NCC1(c2cccc(F)c2)CCOCC1.I. The van der Waals surface area contributed by atoms with E-state index in [4.69, 9.17) is 4.74 Å². The predicted octanol–water partition coefficient (Wildman–Crippen LogP) is 4.49. The van der Waals surface area contributed by atoms with Gasteiger partial charge in [-0.15, -0.1) is 24.0 Å². The van der Waals surface area contributed by atoms with Crippen molar-refractivity contribution in [1.29, 1.82) is 0 Å². The van der Waals surface area contributed by atoms with Crippen LogP contribution in [-0.2, 0) is 10.2 Å². The van der Waals surface area contributed by atoms with E-state index in [-0.39, 0.29) is 35.2 Å². The average Bonchev–Trinajstić information content (AvgIpc) is 3.37. The summed E-state index contributed by atoms with van der Waals surface area (Å²) in [6, 6.07) is 18.0. The van der Waals surface area contributed by atoms with Crippen LogP contribution in [0, 0.1) is 5.82 Å². The van der Waals surface area contributed by atoms with Crippen LogP contribution in [0.4, 0.5) is 4.39 Å². The molecule has 33 heavy (non-hydrogen) atoms. The van der Waals surface area contributed by atoms with E-state index in [1.807, 2.05) is 13.1 Å². The molecule has 1 unspecified atom stereocenters. The quantitative estimate of drug-likeness (QED) is 0.295. The Balaban J connectivity index is 0.00000306. The molecule has 0 amide bonds. The van der Waals surface area contributed by atoms with Crippen molar-refractivity contribution in [3.8, 4) is 0 Å². The molecule has 180 valence electrons. The number of benzene rings is 2. The van der Waals surface area contributed by atoms with Gasteiger partial charge >= 0.3 is 0 Å². The Morgan fingerprint density at radius 1 is 1.06 bits per heavy atom. The lowest BCUT2D eigenvalue weighted by molar-refractivity contribution is 0.0512. The third-order valence-electron chi connectivity index (χ3n) is 6.93. The Labute approximate surface area is 214 Å². The summed E-state index contributed by atoms with van der Waals surface area (Å²) in [5, 5.41) is 7.09. The number of likely N-dealkylation sites (tertiary alicyclic amines) is 1. The largest absolute Gasteiger partial charge is 0.381 e. The van der Waals surface area contributed by atoms with Crippen LogP contribution in [0.2, 0.25) is 0 Å². The molecule has 7 heteroatoms. The first kappa shape index (κ1) is 25.9. The van der Waals surface area contributed by atoms with E-state index in [0.717, 1.165) is 44.0 Å². The Bertz CT molecular complexity index is 883. The Morgan fingerprint density at radius 2 is 1.79 bits per heavy atom. The minimum atomic E-state index is -0.188. The van der Waals surface area contributed by atoms with E-state index < -0.39 is 0 Å². The summed E-state index contributed by atoms with van der Waals surface area (Å²) >= 11 is 0. The topological polar surface area (TPSA) is 48.9 Å². The average molecular weight is 567 g/mol. The molecule has 2 aromatic carbocycles. The second-order valence-corrected chi connectivity index (χ2v) is 8.88. The zero-order valence-corrected chi connectivity index (χ0v) is 21.8. The van der Waals surface area contributed by atoms with Crippen molar-refractivity contribution in [3.05, 3.63) is 71.5 Å². The van der Waals surface area contributed by atoms with Crippen molar-refractivity contribution < 1.29 is 9.13 Å². The van der Waals surface area contributed by atoms with Gasteiger partial charge in [0.2, 0.25) is 0 Å². The normalized spacial score (nSPS) is 19.5. The van der Waals surface area contributed by atoms with Gasteiger partial charge in [-0.2, -0.15) is 0 Å². The van der Waals surface area contributed by atoms with E-state index in [0.29, 0.717) is 25.8 Å². The van der Waals surface area contributed by atoms with Gasteiger partial charge in [-0.25, -0.2) is 4.39 Å². The monoisotopic (exact) mass is 566 g/mol. The van der Waals surface area contributed by atoms with Crippen molar-refractivity contribution in [2.45, 2.75) is 37.1 Å². The second kappa shape index (κ2) is 12.7. The molecule has 0 aromatic heterocycles. The number of nitrogens with zero attached hydrogens (tertiary/aromatic N) is 2. The fourth-order valence-corrected chi connectivity index (χ4v) is 5.00. The summed E-state index contributed by atoms with van der Waals surface area (Å²) in [6.07, 6.45) is 4.24. The maximum absolute atomic E-state index is 14.0. The molecule has 0 radical (unpaired) electrons. The Hall–Kier alpha value is -1.71. The molecule has 0 saturated carbocycles. The molecule has 1 atom stereocenters. The standard InChI is InChI=1S/C26H35FN4O.HI/c1-28-25(29-19-24(31-14-5-6-15-31)21-8-3-2-4-9-21)30-20-26(12-16-32-17-13-26)22-10-7-11-23(27)18-22;/h2-4,7-11,18,24H,5-6,12-17,19-20H2,1H3,(H2,28,29,30);1H. The zero-order valence-electron chi connectivity index (χ0n) is 19.4. The predicted molar refractivity (Wildman–Crippen MR) is 143 cm³/mol. The van der Waals surface area contributed by atoms with E-state index >= 15 is 0 Å². The lowest BCUT2D eigenvalue weighted by Crippen LogP contribution is -2.49. The molecule has 0 spiro atoms. The van der Waals surface area contributed by atoms with Crippen molar-refractivity contribution >= 4 is 29.9 Å². The molecule has 0 bridgehead atoms. The van der Waals surface area contributed by atoms with E-state index in [9.17, 15) is 4.39 Å². The molecular weight excluding hydrogens is 530 g/mol. The summed E-state index contributed by atoms with van der Waals surface area (Å²) < 4.78 is 19.6. The highest BCUT2D eigenvalue weighted by molar-refractivity contribution is 14.0. The highest BCUT2D eigenvalue weighted by Gasteiger charge is 2.35. The van der Waals surface area contributed by atoms with Crippen molar-refractivity contribution in [2.75, 3.05) is 46.4 Å². The van der Waals surface area contributed by atoms with Crippen molar-refractivity contribution in [3.63, 3.8) is 0 Å². The summed E-state index contributed by atoms with van der Waals surface area (Å²) in [6.45, 7) is 5.13. The number of guanidine groups is 1. The number of ether oxygens (including phenoxy) is 1. The molecule has 2 aromatic rings. The van der Waals surface area contributed by atoms with Gasteiger partial charge in [0.1, 0.15) is 5.82 Å². The smallest absolute Gasteiger partial charge is 0.191 e. The Morgan fingerprint density at radius 3 is 2.45 bits per heavy atom. The molecular formula is C26H36FIN4O. The maximum Gasteiger partial charge on any atom is 0.191 e. The van der Waals surface area contributed by atoms with Crippen LogP contribution < -0.4 is 10.6 Å². The van der Waals surface area contributed by atoms with Crippen LogP contribution in [0.1, 0.15) is 42.9 Å². The first-order valence-electron chi connectivity index (χ1n) is 11.8. The Kier molecular flexibility index (Phi) is 9.94. The van der Waals surface area contributed by atoms with E-state index in [1.165, 1.54) is 24.5 Å². The summed E-state index contributed by atoms with van der Waals surface area (Å²) in [5.74, 6) is 0.597.